The minimum Gasteiger partial charge on any atom is -0.352 e. The van der Waals surface area contributed by atoms with Gasteiger partial charge in [0, 0.05) is 23.8 Å². The van der Waals surface area contributed by atoms with E-state index >= 15 is 0 Å². The third kappa shape index (κ3) is 6.48. The molecule has 0 radical (unpaired) electrons. The van der Waals surface area contributed by atoms with Crippen LogP contribution in [0.3, 0.4) is 0 Å². The molecule has 11 heteroatoms. The molecular formula is C25H31FN8O2. The third-order valence-corrected chi connectivity index (χ3v) is 6.39. The van der Waals surface area contributed by atoms with E-state index in [1.54, 1.807) is 36.8 Å². The standard InChI is InChI=1S/C25H31FN8O2/c1-15-9-18(5-8-21(15)26)13-28-25(36)22-11-19(10-16(2)29-22)24-31-33-34(32-24)14-17-3-6-20(7-4-17)30-23(35)12-27/h5,8-11,17,20H,3-4,6-7,12-14,27H2,1-2H3,(H,28,36)(H,30,35). The SMILES string of the molecule is Cc1cc(-c2nnn(CC3CCC(NC(=O)CN)CC3)n2)cc(C(=O)NCc2ccc(F)c(C)c2)n1. The van der Waals surface area contributed by atoms with E-state index in [0.29, 0.717) is 35.1 Å². The number of hydrogen-bond acceptors (Lipinski definition) is 7. The van der Waals surface area contributed by atoms with Gasteiger partial charge >= 0.3 is 0 Å². The van der Waals surface area contributed by atoms with Gasteiger partial charge < -0.3 is 16.4 Å². The zero-order valence-corrected chi connectivity index (χ0v) is 20.5. The predicted octanol–water partition coefficient (Wildman–Crippen LogP) is 2.05. The number of hydrogen-bond donors (Lipinski definition) is 3. The number of aryl methyl sites for hydroxylation is 2. The Hall–Kier alpha value is -3.73. The number of nitrogens with two attached hydrogens (primary N) is 1. The fourth-order valence-corrected chi connectivity index (χ4v) is 4.45. The van der Waals surface area contributed by atoms with E-state index in [1.165, 1.54) is 6.07 Å². The summed E-state index contributed by atoms with van der Waals surface area (Å²) in [5, 5.41) is 18.7. The Morgan fingerprint density at radius 3 is 2.64 bits per heavy atom. The van der Waals surface area contributed by atoms with E-state index in [0.717, 1.165) is 31.2 Å². The second-order valence-electron chi connectivity index (χ2n) is 9.31. The molecule has 0 bridgehead atoms. The van der Waals surface area contributed by atoms with Crippen LogP contribution >= 0.6 is 0 Å². The molecule has 1 aliphatic carbocycles. The van der Waals surface area contributed by atoms with Gasteiger partial charge in [-0.05, 0) is 80.0 Å². The summed E-state index contributed by atoms with van der Waals surface area (Å²) in [7, 11) is 0. The second kappa shape index (κ2) is 11.3. The van der Waals surface area contributed by atoms with Crippen LogP contribution in [-0.4, -0.2) is 49.6 Å². The van der Waals surface area contributed by atoms with E-state index in [4.69, 9.17) is 5.73 Å². The van der Waals surface area contributed by atoms with Crippen molar-refractivity contribution in [2.24, 2.45) is 11.7 Å². The molecule has 10 nitrogen and oxygen atoms in total. The second-order valence-corrected chi connectivity index (χ2v) is 9.31. The van der Waals surface area contributed by atoms with Crippen molar-refractivity contribution < 1.29 is 14.0 Å². The fraction of sp³-hybridized carbons (Fsp3) is 0.440. The average molecular weight is 495 g/mol. The molecule has 0 saturated heterocycles. The van der Waals surface area contributed by atoms with Gasteiger partial charge in [-0.1, -0.05) is 12.1 Å². The number of benzene rings is 1. The number of nitrogens with one attached hydrogen (secondary N) is 2. The molecule has 36 heavy (non-hydrogen) atoms. The maximum absolute atomic E-state index is 13.5. The summed E-state index contributed by atoms with van der Waals surface area (Å²) < 4.78 is 13.5. The van der Waals surface area contributed by atoms with Crippen molar-refractivity contribution in [3.8, 4) is 11.4 Å². The van der Waals surface area contributed by atoms with E-state index in [1.807, 2.05) is 6.07 Å². The Kier molecular flexibility index (Phi) is 7.99. The summed E-state index contributed by atoms with van der Waals surface area (Å²) in [5.74, 6) is 0.0840. The molecule has 2 heterocycles. The summed E-state index contributed by atoms with van der Waals surface area (Å²) in [4.78, 5) is 30.2. The van der Waals surface area contributed by atoms with Gasteiger partial charge in [-0.15, -0.1) is 10.2 Å². The zero-order chi connectivity index (χ0) is 25.7. The highest BCUT2D eigenvalue weighted by Gasteiger charge is 2.23. The van der Waals surface area contributed by atoms with Crippen molar-refractivity contribution in [2.45, 2.75) is 58.7 Å². The van der Waals surface area contributed by atoms with Crippen LogP contribution in [0.1, 0.15) is 53.0 Å². The lowest BCUT2D eigenvalue weighted by Gasteiger charge is -2.28. The van der Waals surface area contributed by atoms with Crippen molar-refractivity contribution in [2.75, 3.05) is 6.54 Å². The van der Waals surface area contributed by atoms with Gasteiger partial charge in [0.15, 0.2) is 0 Å². The first-order chi connectivity index (χ1) is 17.3. The van der Waals surface area contributed by atoms with E-state index in [-0.39, 0.29) is 42.5 Å². The molecule has 0 unspecified atom stereocenters. The molecule has 0 spiro atoms. The number of pyridine rings is 1. The molecular weight excluding hydrogens is 463 g/mol. The molecule has 4 rings (SSSR count). The maximum Gasteiger partial charge on any atom is 0.270 e. The average Bonchev–Trinajstić information content (AvgIpc) is 3.34. The molecule has 1 aromatic carbocycles. The highest BCUT2D eigenvalue weighted by Crippen LogP contribution is 2.25. The lowest BCUT2D eigenvalue weighted by Crippen LogP contribution is -2.41. The van der Waals surface area contributed by atoms with Gasteiger partial charge in [0.1, 0.15) is 11.5 Å². The minimum atomic E-state index is -0.340. The smallest absolute Gasteiger partial charge is 0.270 e. The first-order valence-electron chi connectivity index (χ1n) is 12.1. The normalized spacial score (nSPS) is 17.6. The predicted molar refractivity (Wildman–Crippen MR) is 131 cm³/mol. The number of carbonyl (C=O) groups excluding carboxylic acids is 2. The van der Waals surface area contributed by atoms with Crippen molar-refractivity contribution in [3.05, 3.63) is 58.7 Å². The minimum absolute atomic E-state index is 0.0113. The summed E-state index contributed by atoms with van der Waals surface area (Å²) in [5.41, 5.74) is 8.27. The molecule has 1 saturated carbocycles. The van der Waals surface area contributed by atoms with Crippen LogP contribution in [0.2, 0.25) is 0 Å². The van der Waals surface area contributed by atoms with E-state index in [9.17, 15) is 14.0 Å². The Balaban J connectivity index is 1.36. The van der Waals surface area contributed by atoms with Gasteiger partial charge in [0.05, 0.1) is 13.1 Å². The summed E-state index contributed by atoms with van der Waals surface area (Å²) in [6.45, 7) is 4.40. The Morgan fingerprint density at radius 2 is 1.92 bits per heavy atom. The maximum atomic E-state index is 13.5. The summed E-state index contributed by atoms with van der Waals surface area (Å²) in [6.07, 6.45) is 3.71. The first-order valence-corrected chi connectivity index (χ1v) is 12.1. The van der Waals surface area contributed by atoms with Crippen molar-refractivity contribution >= 4 is 11.8 Å². The highest BCUT2D eigenvalue weighted by molar-refractivity contribution is 5.93. The number of aromatic nitrogens is 5. The van der Waals surface area contributed by atoms with Crippen molar-refractivity contribution in [3.63, 3.8) is 0 Å². The molecule has 1 fully saturated rings. The molecule has 3 aromatic rings. The van der Waals surface area contributed by atoms with Crippen molar-refractivity contribution in [1.29, 1.82) is 0 Å². The summed E-state index contributed by atoms with van der Waals surface area (Å²) in [6, 6.07) is 8.36. The van der Waals surface area contributed by atoms with Crippen molar-refractivity contribution in [1.82, 2.24) is 35.8 Å². The van der Waals surface area contributed by atoms with E-state index < -0.39 is 0 Å². The molecule has 190 valence electrons. The quantitative estimate of drug-likeness (QED) is 0.435. The zero-order valence-electron chi connectivity index (χ0n) is 20.5. The number of amides is 2. The molecule has 0 aliphatic heterocycles. The van der Waals surface area contributed by atoms with Crippen LogP contribution in [0.15, 0.2) is 30.3 Å². The van der Waals surface area contributed by atoms with Gasteiger partial charge in [-0.2, -0.15) is 4.80 Å². The number of tetrazole rings is 1. The van der Waals surface area contributed by atoms with Crippen LogP contribution in [0.25, 0.3) is 11.4 Å². The Morgan fingerprint density at radius 1 is 1.14 bits per heavy atom. The molecule has 2 aromatic heterocycles. The van der Waals surface area contributed by atoms with Crippen LogP contribution in [0, 0.1) is 25.6 Å². The Bertz CT molecular complexity index is 1240. The largest absolute Gasteiger partial charge is 0.352 e. The number of halogens is 1. The van der Waals surface area contributed by atoms with Crippen LogP contribution in [0.5, 0.6) is 0 Å². The van der Waals surface area contributed by atoms with Crippen LogP contribution in [0.4, 0.5) is 4.39 Å². The fourth-order valence-electron chi connectivity index (χ4n) is 4.45. The molecule has 0 atom stereocenters. The topological polar surface area (TPSA) is 141 Å². The molecule has 4 N–H and O–H groups in total. The van der Waals surface area contributed by atoms with Crippen LogP contribution < -0.4 is 16.4 Å². The molecule has 2 amide bonds. The Labute approximate surface area is 208 Å². The van der Waals surface area contributed by atoms with Gasteiger partial charge in [-0.25, -0.2) is 9.37 Å². The lowest BCUT2D eigenvalue weighted by molar-refractivity contribution is -0.120. The first kappa shape index (κ1) is 25.4. The van der Waals surface area contributed by atoms with Gasteiger partial charge in [0.2, 0.25) is 11.7 Å². The highest BCUT2D eigenvalue weighted by atomic mass is 19.1. The molecule has 1 aliphatic rings. The third-order valence-electron chi connectivity index (χ3n) is 6.39. The van der Waals surface area contributed by atoms with Gasteiger partial charge in [0.25, 0.3) is 5.91 Å². The van der Waals surface area contributed by atoms with Crippen LogP contribution in [-0.2, 0) is 17.9 Å². The van der Waals surface area contributed by atoms with Gasteiger partial charge in [-0.3, -0.25) is 9.59 Å². The number of carbonyl (C=O) groups is 2. The lowest BCUT2D eigenvalue weighted by atomic mass is 9.86. The number of nitrogens with zero attached hydrogens (tertiary/aromatic N) is 5. The van der Waals surface area contributed by atoms with E-state index in [2.05, 4.69) is 31.0 Å². The number of rotatable bonds is 8. The monoisotopic (exact) mass is 494 g/mol. The summed E-state index contributed by atoms with van der Waals surface area (Å²) >= 11 is 0.